The van der Waals surface area contributed by atoms with Gasteiger partial charge in [-0.3, -0.25) is 4.79 Å². The molecule has 0 saturated carbocycles. The van der Waals surface area contributed by atoms with Gasteiger partial charge >= 0.3 is 0 Å². The lowest BCUT2D eigenvalue weighted by Crippen LogP contribution is -2.11. The van der Waals surface area contributed by atoms with Crippen LogP contribution in [0.2, 0.25) is 0 Å². The first-order valence-corrected chi connectivity index (χ1v) is 6.53. The molecule has 3 nitrogen and oxygen atoms in total. The maximum atomic E-state index is 13.0. The third-order valence-electron chi connectivity index (χ3n) is 2.93. The van der Waals surface area contributed by atoms with E-state index in [9.17, 15) is 9.18 Å². The van der Waals surface area contributed by atoms with Crippen LogP contribution in [-0.2, 0) is 11.2 Å². The third-order valence-corrected chi connectivity index (χ3v) is 2.93. The fourth-order valence-electron chi connectivity index (χ4n) is 1.99. The van der Waals surface area contributed by atoms with Crippen molar-refractivity contribution in [2.24, 2.45) is 0 Å². The monoisotopic (exact) mass is 272 g/mol. The molecule has 4 heteroatoms. The van der Waals surface area contributed by atoms with Crippen molar-refractivity contribution in [3.8, 4) is 0 Å². The van der Waals surface area contributed by atoms with Crippen LogP contribution in [0.15, 0.2) is 48.5 Å². The standard InChI is InChI=1S/C16H17FN2O/c17-13-6-3-8-15(11-13)19-16(20)9-2-5-12-4-1-7-14(18)10-12/h1,3-4,6-8,10-11H,2,5,9,18H2,(H,19,20). The molecule has 0 aromatic heterocycles. The van der Waals surface area contributed by atoms with Crippen molar-refractivity contribution in [2.45, 2.75) is 19.3 Å². The highest BCUT2D eigenvalue weighted by molar-refractivity contribution is 5.90. The zero-order valence-corrected chi connectivity index (χ0v) is 11.1. The van der Waals surface area contributed by atoms with Crippen LogP contribution in [0.3, 0.4) is 0 Å². The number of carbonyl (C=O) groups excluding carboxylic acids is 1. The highest BCUT2D eigenvalue weighted by Crippen LogP contribution is 2.12. The van der Waals surface area contributed by atoms with Gasteiger partial charge in [0, 0.05) is 17.8 Å². The molecule has 3 N–H and O–H groups in total. The van der Waals surface area contributed by atoms with Crippen LogP contribution >= 0.6 is 0 Å². The van der Waals surface area contributed by atoms with Gasteiger partial charge in [0.05, 0.1) is 0 Å². The van der Waals surface area contributed by atoms with Crippen molar-refractivity contribution in [3.05, 3.63) is 59.9 Å². The van der Waals surface area contributed by atoms with Gasteiger partial charge < -0.3 is 11.1 Å². The predicted octanol–water partition coefficient (Wildman–Crippen LogP) is 3.37. The quantitative estimate of drug-likeness (QED) is 0.820. The Morgan fingerprint density at radius 1 is 1.15 bits per heavy atom. The number of aryl methyl sites for hydroxylation is 1. The van der Waals surface area contributed by atoms with Crippen LogP contribution in [0, 0.1) is 5.82 Å². The Hall–Kier alpha value is -2.36. The van der Waals surface area contributed by atoms with Crippen molar-refractivity contribution in [3.63, 3.8) is 0 Å². The maximum absolute atomic E-state index is 13.0. The minimum absolute atomic E-state index is 0.112. The van der Waals surface area contributed by atoms with Crippen LogP contribution in [0.1, 0.15) is 18.4 Å². The number of rotatable bonds is 5. The normalized spacial score (nSPS) is 10.2. The molecule has 0 bridgehead atoms. The number of carbonyl (C=O) groups is 1. The van der Waals surface area contributed by atoms with Gasteiger partial charge in [-0.15, -0.1) is 0 Å². The minimum atomic E-state index is -0.359. The van der Waals surface area contributed by atoms with Crippen molar-refractivity contribution < 1.29 is 9.18 Å². The largest absolute Gasteiger partial charge is 0.399 e. The summed E-state index contributed by atoms with van der Waals surface area (Å²) in [5.41, 5.74) is 8.02. The summed E-state index contributed by atoms with van der Waals surface area (Å²) >= 11 is 0. The van der Waals surface area contributed by atoms with E-state index in [1.165, 1.54) is 12.1 Å². The average molecular weight is 272 g/mol. The van der Waals surface area contributed by atoms with Crippen LogP contribution < -0.4 is 11.1 Å². The Balaban J connectivity index is 1.78. The first kappa shape index (κ1) is 14.1. The molecule has 104 valence electrons. The van der Waals surface area contributed by atoms with E-state index in [2.05, 4.69) is 5.32 Å². The summed E-state index contributed by atoms with van der Waals surface area (Å²) < 4.78 is 13.0. The molecule has 0 aliphatic carbocycles. The molecular formula is C16H17FN2O. The van der Waals surface area contributed by atoms with Crippen molar-refractivity contribution in [1.29, 1.82) is 0 Å². The summed E-state index contributed by atoms with van der Waals surface area (Å²) in [6.45, 7) is 0. The van der Waals surface area contributed by atoms with Gasteiger partial charge in [-0.25, -0.2) is 4.39 Å². The molecule has 1 amide bonds. The third kappa shape index (κ3) is 4.39. The van der Waals surface area contributed by atoms with Crippen molar-refractivity contribution >= 4 is 17.3 Å². The molecule has 0 radical (unpaired) electrons. The maximum Gasteiger partial charge on any atom is 0.224 e. The smallest absolute Gasteiger partial charge is 0.224 e. The molecule has 2 rings (SSSR count). The van der Waals surface area contributed by atoms with Crippen LogP contribution in [0.25, 0.3) is 0 Å². The Bertz CT molecular complexity index is 599. The lowest BCUT2D eigenvalue weighted by Gasteiger charge is -2.05. The first-order chi connectivity index (χ1) is 9.63. The van der Waals surface area contributed by atoms with Gasteiger partial charge in [0.25, 0.3) is 0 Å². The molecule has 0 aliphatic heterocycles. The molecule has 20 heavy (non-hydrogen) atoms. The van der Waals surface area contributed by atoms with Crippen molar-refractivity contribution in [1.82, 2.24) is 0 Å². The zero-order valence-electron chi connectivity index (χ0n) is 11.1. The van der Waals surface area contributed by atoms with E-state index < -0.39 is 0 Å². The Morgan fingerprint density at radius 3 is 2.70 bits per heavy atom. The number of nitrogen functional groups attached to an aromatic ring is 1. The van der Waals surface area contributed by atoms with Gasteiger partial charge in [0.1, 0.15) is 5.82 Å². The number of hydrogen-bond acceptors (Lipinski definition) is 2. The van der Waals surface area contributed by atoms with Gasteiger partial charge in [0.2, 0.25) is 5.91 Å². The van der Waals surface area contributed by atoms with E-state index in [0.29, 0.717) is 12.1 Å². The van der Waals surface area contributed by atoms with Gasteiger partial charge in [-0.1, -0.05) is 18.2 Å². The second-order valence-corrected chi connectivity index (χ2v) is 4.66. The molecule has 2 aromatic rings. The number of amides is 1. The number of anilines is 2. The van der Waals surface area contributed by atoms with E-state index in [4.69, 9.17) is 5.73 Å². The summed E-state index contributed by atoms with van der Waals surface area (Å²) in [5, 5.41) is 2.68. The van der Waals surface area contributed by atoms with E-state index in [1.54, 1.807) is 12.1 Å². The van der Waals surface area contributed by atoms with E-state index in [0.717, 1.165) is 24.1 Å². The fourth-order valence-corrected chi connectivity index (χ4v) is 1.99. The van der Waals surface area contributed by atoms with E-state index >= 15 is 0 Å². The summed E-state index contributed by atoms with van der Waals surface area (Å²) in [5.74, 6) is -0.470. The molecule has 0 saturated heterocycles. The van der Waals surface area contributed by atoms with Gasteiger partial charge in [-0.2, -0.15) is 0 Å². The number of nitrogens with two attached hydrogens (primary N) is 1. The van der Waals surface area contributed by atoms with Crippen LogP contribution in [-0.4, -0.2) is 5.91 Å². The van der Waals surface area contributed by atoms with Crippen LogP contribution in [0.5, 0.6) is 0 Å². The molecule has 2 aromatic carbocycles. The second kappa shape index (κ2) is 6.70. The number of halogens is 1. The number of hydrogen-bond donors (Lipinski definition) is 2. The summed E-state index contributed by atoms with van der Waals surface area (Å²) in [6.07, 6.45) is 1.91. The fraction of sp³-hybridized carbons (Fsp3) is 0.188. The summed E-state index contributed by atoms with van der Waals surface area (Å²) in [4.78, 5) is 11.7. The number of benzene rings is 2. The highest BCUT2D eigenvalue weighted by Gasteiger charge is 2.03. The lowest BCUT2D eigenvalue weighted by atomic mass is 10.1. The summed E-state index contributed by atoms with van der Waals surface area (Å²) in [6, 6.07) is 13.5. The summed E-state index contributed by atoms with van der Waals surface area (Å²) in [7, 11) is 0. The predicted molar refractivity (Wildman–Crippen MR) is 78.8 cm³/mol. The molecule has 0 spiro atoms. The first-order valence-electron chi connectivity index (χ1n) is 6.53. The van der Waals surface area contributed by atoms with Gasteiger partial charge in [-0.05, 0) is 48.7 Å². The Kier molecular flexibility index (Phi) is 4.71. The second-order valence-electron chi connectivity index (χ2n) is 4.66. The highest BCUT2D eigenvalue weighted by atomic mass is 19.1. The molecule has 0 atom stereocenters. The Morgan fingerprint density at radius 2 is 1.95 bits per heavy atom. The molecule has 0 unspecified atom stereocenters. The zero-order chi connectivity index (χ0) is 14.4. The molecule has 0 heterocycles. The van der Waals surface area contributed by atoms with Crippen molar-refractivity contribution in [2.75, 3.05) is 11.1 Å². The van der Waals surface area contributed by atoms with Gasteiger partial charge in [0.15, 0.2) is 0 Å². The van der Waals surface area contributed by atoms with Crippen LogP contribution in [0.4, 0.5) is 15.8 Å². The SMILES string of the molecule is Nc1cccc(CCCC(=O)Nc2cccc(F)c2)c1. The molecule has 0 fully saturated rings. The van der Waals surface area contributed by atoms with E-state index in [-0.39, 0.29) is 11.7 Å². The average Bonchev–Trinajstić information content (AvgIpc) is 2.38. The lowest BCUT2D eigenvalue weighted by molar-refractivity contribution is -0.116. The minimum Gasteiger partial charge on any atom is -0.399 e. The Labute approximate surface area is 117 Å². The van der Waals surface area contributed by atoms with E-state index in [1.807, 2.05) is 24.3 Å². The molecular weight excluding hydrogens is 255 g/mol. The molecule has 0 aliphatic rings. The topological polar surface area (TPSA) is 55.1 Å². The number of nitrogens with one attached hydrogen (secondary N) is 1.